The van der Waals surface area contributed by atoms with Crippen molar-refractivity contribution in [2.75, 3.05) is 0 Å². The van der Waals surface area contributed by atoms with Crippen LogP contribution < -0.4 is 5.32 Å². The van der Waals surface area contributed by atoms with Crippen molar-refractivity contribution in [2.24, 2.45) is 28.6 Å². The Labute approximate surface area is 173 Å². The molecule has 0 spiro atoms. The summed E-state index contributed by atoms with van der Waals surface area (Å²) in [7, 11) is 0. The first kappa shape index (κ1) is 20.1. The van der Waals surface area contributed by atoms with Gasteiger partial charge in [-0.05, 0) is 60.5 Å². The first-order valence-electron chi connectivity index (χ1n) is 11.0. The number of ketones is 2. The lowest BCUT2D eigenvalue weighted by Gasteiger charge is -2.56. The van der Waals surface area contributed by atoms with E-state index in [1.807, 2.05) is 6.92 Å². The van der Waals surface area contributed by atoms with Gasteiger partial charge in [0.05, 0.1) is 5.70 Å². The number of hydrogen-bond donors (Lipinski definition) is 1. The van der Waals surface area contributed by atoms with Gasteiger partial charge >= 0.3 is 0 Å². The van der Waals surface area contributed by atoms with E-state index in [0.717, 1.165) is 43.3 Å². The molecule has 4 aliphatic carbocycles. The second-order valence-electron chi connectivity index (χ2n) is 9.72. The lowest BCUT2D eigenvalue weighted by atomic mass is 9.47. The summed E-state index contributed by atoms with van der Waals surface area (Å²) in [4.78, 5) is 37.3. The molecular weight excluding hydrogens is 362 g/mol. The van der Waals surface area contributed by atoms with Crippen molar-refractivity contribution in [1.29, 1.82) is 0 Å². The Kier molecular flexibility index (Phi) is 4.84. The van der Waals surface area contributed by atoms with Gasteiger partial charge in [0.25, 0.3) is 0 Å². The predicted molar refractivity (Wildman–Crippen MR) is 111 cm³/mol. The van der Waals surface area contributed by atoms with E-state index in [2.05, 4.69) is 37.1 Å². The zero-order valence-electron chi connectivity index (χ0n) is 18.0. The predicted octanol–water partition coefficient (Wildman–Crippen LogP) is 4.11. The average molecular weight is 394 g/mol. The zero-order chi connectivity index (χ0) is 21.0. The maximum absolute atomic E-state index is 12.7. The van der Waals surface area contributed by atoms with Crippen LogP contribution in [0.5, 0.6) is 0 Å². The van der Waals surface area contributed by atoms with Crippen molar-refractivity contribution in [3.8, 4) is 11.8 Å². The van der Waals surface area contributed by atoms with Gasteiger partial charge in [-0.1, -0.05) is 32.6 Å². The highest BCUT2D eigenvalue weighted by Crippen LogP contribution is 2.64. The molecule has 4 aliphatic rings. The number of fused-ring (bicyclic) bond motifs is 5. The van der Waals surface area contributed by atoms with Crippen molar-refractivity contribution in [2.45, 2.75) is 72.6 Å². The molecule has 2 saturated carbocycles. The molecule has 4 rings (SSSR count). The quantitative estimate of drug-likeness (QED) is 0.682. The zero-order valence-corrected chi connectivity index (χ0v) is 18.0. The van der Waals surface area contributed by atoms with Crippen molar-refractivity contribution in [3.63, 3.8) is 0 Å². The standard InChI is InChI=1S/C25H31NO3/c1-5-6-7-16-14-19-23(26-15(2)27)20(28)11-13-24(19,3)18-10-12-25(4)17(22(16)18)8-9-21(25)29/h14,17-18,22H,5,8-13H2,1-4H3,(H,26,27)/t17-,18-,22-,24+,25-/m0/s1. The number of carbonyl (C=O) groups is 3. The molecule has 0 bridgehead atoms. The van der Waals surface area contributed by atoms with E-state index in [-0.39, 0.29) is 28.4 Å². The second kappa shape index (κ2) is 6.97. The summed E-state index contributed by atoms with van der Waals surface area (Å²) in [6, 6.07) is 0. The van der Waals surface area contributed by atoms with Gasteiger partial charge in [-0.3, -0.25) is 14.4 Å². The van der Waals surface area contributed by atoms with Crippen LogP contribution >= 0.6 is 0 Å². The molecule has 0 heterocycles. The van der Waals surface area contributed by atoms with E-state index >= 15 is 0 Å². The number of amides is 1. The maximum atomic E-state index is 12.7. The second-order valence-corrected chi connectivity index (χ2v) is 9.72. The largest absolute Gasteiger partial charge is 0.323 e. The third-order valence-corrected chi connectivity index (χ3v) is 8.20. The van der Waals surface area contributed by atoms with E-state index < -0.39 is 0 Å². The number of allylic oxidation sites excluding steroid dienone is 4. The SMILES string of the molecule is CCC#CC1=CC2=C(NC(C)=O)C(=O)CC[C@]2(C)[C@H]2CC[C@]3(C)C(=O)CC[C@H]3[C@H]12. The summed E-state index contributed by atoms with van der Waals surface area (Å²) in [6.07, 6.45) is 7.62. The summed E-state index contributed by atoms with van der Waals surface area (Å²) >= 11 is 0. The van der Waals surface area contributed by atoms with Crippen LogP contribution in [0.4, 0.5) is 0 Å². The lowest BCUT2D eigenvalue weighted by Crippen LogP contribution is -2.51. The first-order valence-corrected chi connectivity index (χ1v) is 11.0. The van der Waals surface area contributed by atoms with Gasteiger partial charge < -0.3 is 5.32 Å². The monoisotopic (exact) mass is 393 g/mol. The van der Waals surface area contributed by atoms with Crippen LogP contribution in [0.2, 0.25) is 0 Å². The average Bonchev–Trinajstić information content (AvgIpc) is 2.98. The van der Waals surface area contributed by atoms with Crippen molar-refractivity contribution >= 4 is 17.5 Å². The molecule has 4 nitrogen and oxygen atoms in total. The highest BCUT2D eigenvalue weighted by atomic mass is 16.2. The van der Waals surface area contributed by atoms with E-state index in [0.29, 0.717) is 36.2 Å². The lowest BCUT2D eigenvalue weighted by molar-refractivity contribution is -0.131. The highest BCUT2D eigenvalue weighted by molar-refractivity contribution is 6.01. The Hall–Kier alpha value is -2.15. The minimum atomic E-state index is -0.239. The molecule has 29 heavy (non-hydrogen) atoms. The van der Waals surface area contributed by atoms with Crippen molar-refractivity contribution in [3.05, 3.63) is 22.9 Å². The Morgan fingerprint density at radius 3 is 2.55 bits per heavy atom. The summed E-state index contributed by atoms with van der Waals surface area (Å²) in [6.45, 7) is 7.91. The van der Waals surface area contributed by atoms with Gasteiger partial charge in [0.1, 0.15) is 5.78 Å². The third kappa shape index (κ3) is 2.93. The molecule has 0 aliphatic heterocycles. The molecule has 0 aromatic carbocycles. The molecular formula is C25H31NO3. The van der Waals surface area contributed by atoms with Gasteiger partial charge in [0, 0.05) is 37.2 Å². The molecule has 0 radical (unpaired) electrons. The van der Waals surface area contributed by atoms with Gasteiger partial charge in [0.15, 0.2) is 5.78 Å². The number of hydrogen-bond acceptors (Lipinski definition) is 3. The van der Waals surface area contributed by atoms with Crippen LogP contribution in [0.25, 0.3) is 0 Å². The van der Waals surface area contributed by atoms with Crippen LogP contribution in [0.3, 0.4) is 0 Å². The number of Topliss-reactive ketones (excluding diaryl/α,β-unsaturated/α-hetero) is 2. The molecule has 154 valence electrons. The molecule has 1 N–H and O–H groups in total. The number of carbonyl (C=O) groups excluding carboxylic acids is 3. The molecule has 0 saturated heterocycles. The molecule has 5 atom stereocenters. The fraction of sp³-hybridized carbons (Fsp3) is 0.640. The molecule has 0 aromatic heterocycles. The number of rotatable bonds is 1. The van der Waals surface area contributed by atoms with Crippen molar-refractivity contribution in [1.82, 2.24) is 5.32 Å². The van der Waals surface area contributed by atoms with Crippen LogP contribution in [-0.4, -0.2) is 17.5 Å². The molecule has 2 fully saturated rings. The van der Waals surface area contributed by atoms with Gasteiger partial charge in [-0.25, -0.2) is 0 Å². The Balaban J connectivity index is 1.92. The Morgan fingerprint density at radius 2 is 1.86 bits per heavy atom. The normalized spacial score (nSPS) is 38.3. The van der Waals surface area contributed by atoms with Crippen LogP contribution in [-0.2, 0) is 14.4 Å². The highest BCUT2D eigenvalue weighted by Gasteiger charge is 2.60. The van der Waals surface area contributed by atoms with E-state index in [4.69, 9.17) is 0 Å². The van der Waals surface area contributed by atoms with Gasteiger partial charge in [-0.15, -0.1) is 0 Å². The van der Waals surface area contributed by atoms with Crippen LogP contribution in [0.15, 0.2) is 22.9 Å². The van der Waals surface area contributed by atoms with E-state index in [9.17, 15) is 14.4 Å². The summed E-state index contributed by atoms with van der Waals surface area (Å²) in [5.41, 5.74) is 2.08. The van der Waals surface area contributed by atoms with Gasteiger partial charge in [0.2, 0.25) is 5.91 Å². The maximum Gasteiger partial charge on any atom is 0.221 e. The van der Waals surface area contributed by atoms with Crippen molar-refractivity contribution < 1.29 is 14.4 Å². The minimum Gasteiger partial charge on any atom is -0.323 e. The summed E-state index contributed by atoms with van der Waals surface area (Å²) in [5.74, 6) is 7.78. The fourth-order valence-electron chi connectivity index (χ4n) is 6.63. The molecule has 0 aromatic rings. The van der Waals surface area contributed by atoms with E-state index in [1.54, 1.807) is 0 Å². The Bertz CT molecular complexity index is 914. The molecule has 1 amide bonds. The van der Waals surface area contributed by atoms with Crippen LogP contribution in [0.1, 0.15) is 72.6 Å². The molecule has 0 unspecified atom stereocenters. The topological polar surface area (TPSA) is 63.2 Å². The first-order chi connectivity index (χ1) is 13.7. The number of nitrogens with one attached hydrogen (secondary N) is 1. The fourth-order valence-corrected chi connectivity index (χ4v) is 6.63. The molecule has 4 heteroatoms. The van der Waals surface area contributed by atoms with Crippen LogP contribution in [0, 0.1) is 40.4 Å². The summed E-state index contributed by atoms with van der Waals surface area (Å²) < 4.78 is 0. The smallest absolute Gasteiger partial charge is 0.221 e. The minimum absolute atomic E-state index is 0.0156. The summed E-state index contributed by atoms with van der Waals surface area (Å²) in [5, 5.41) is 2.83. The van der Waals surface area contributed by atoms with E-state index in [1.165, 1.54) is 6.92 Å². The Morgan fingerprint density at radius 1 is 1.14 bits per heavy atom. The van der Waals surface area contributed by atoms with Gasteiger partial charge in [-0.2, -0.15) is 0 Å². The third-order valence-electron chi connectivity index (χ3n) is 8.20.